The minimum Gasteiger partial charge on any atom is -0.497 e. The predicted molar refractivity (Wildman–Crippen MR) is 84.0 cm³/mol. The summed E-state index contributed by atoms with van der Waals surface area (Å²) in [5.74, 6) is 1.68. The van der Waals surface area contributed by atoms with Crippen LogP contribution in [0.15, 0.2) is 24.3 Å². The van der Waals surface area contributed by atoms with Gasteiger partial charge in [0.05, 0.1) is 7.11 Å². The second kappa shape index (κ2) is 6.48. The molecular formula is C17H24N2O2. The molecule has 1 aliphatic heterocycles. The topological polar surface area (TPSA) is 32.8 Å². The van der Waals surface area contributed by atoms with Crippen molar-refractivity contribution < 1.29 is 9.53 Å². The van der Waals surface area contributed by atoms with Gasteiger partial charge in [0.25, 0.3) is 0 Å². The van der Waals surface area contributed by atoms with E-state index in [0.717, 1.165) is 57.7 Å². The van der Waals surface area contributed by atoms with E-state index in [0.29, 0.717) is 11.7 Å². The maximum absolute atomic E-state index is 11.7. The lowest BCUT2D eigenvalue weighted by atomic mass is 10.1. The molecule has 0 amide bonds. The normalized spacial score (nSPS) is 23.6. The van der Waals surface area contributed by atoms with Crippen LogP contribution in [0.1, 0.15) is 19.3 Å². The van der Waals surface area contributed by atoms with E-state index in [1.54, 1.807) is 7.11 Å². The quantitative estimate of drug-likeness (QED) is 0.850. The largest absolute Gasteiger partial charge is 0.497 e. The van der Waals surface area contributed by atoms with Crippen LogP contribution in [0.2, 0.25) is 0 Å². The molecule has 1 unspecified atom stereocenters. The molecule has 1 heterocycles. The first-order valence-corrected chi connectivity index (χ1v) is 7.90. The number of benzene rings is 1. The third-order valence-corrected chi connectivity index (χ3v) is 4.72. The Morgan fingerprint density at radius 3 is 2.43 bits per heavy atom. The molecule has 4 heteroatoms. The second-order valence-corrected chi connectivity index (χ2v) is 6.04. The molecule has 2 aliphatic rings. The van der Waals surface area contributed by atoms with Gasteiger partial charge in [-0.3, -0.25) is 9.69 Å². The zero-order valence-corrected chi connectivity index (χ0v) is 12.8. The van der Waals surface area contributed by atoms with E-state index in [9.17, 15) is 4.79 Å². The molecule has 2 fully saturated rings. The van der Waals surface area contributed by atoms with Crippen LogP contribution in [-0.4, -0.2) is 50.5 Å². The van der Waals surface area contributed by atoms with E-state index in [1.807, 2.05) is 12.1 Å². The van der Waals surface area contributed by atoms with Crippen molar-refractivity contribution in [1.29, 1.82) is 0 Å². The highest BCUT2D eigenvalue weighted by molar-refractivity contribution is 5.83. The summed E-state index contributed by atoms with van der Waals surface area (Å²) in [7, 11) is 1.69. The van der Waals surface area contributed by atoms with Gasteiger partial charge in [0.1, 0.15) is 11.5 Å². The van der Waals surface area contributed by atoms with Crippen LogP contribution in [0.3, 0.4) is 0 Å². The number of piperazine rings is 1. The lowest BCUT2D eigenvalue weighted by molar-refractivity contribution is -0.121. The van der Waals surface area contributed by atoms with Crippen LogP contribution >= 0.6 is 0 Å². The Labute approximate surface area is 126 Å². The number of carbonyl (C=O) groups is 1. The predicted octanol–water partition coefficient (Wildman–Crippen LogP) is 2.19. The molecule has 1 aromatic rings. The van der Waals surface area contributed by atoms with Gasteiger partial charge in [-0.25, -0.2) is 0 Å². The van der Waals surface area contributed by atoms with E-state index in [1.165, 1.54) is 5.69 Å². The van der Waals surface area contributed by atoms with E-state index in [2.05, 4.69) is 21.9 Å². The molecule has 3 rings (SSSR count). The zero-order valence-electron chi connectivity index (χ0n) is 12.8. The maximum Gasteiger partial charge on any atom is 0.137 e. The van der Waals surface area contributed by atoms with Gasteiger partial charge < -0.3 is 9.64 Å². The number of Topliss-reactive ketones (excluding diaryl/α,β-unsaturated/α-hetero) is 1. The fraction of sp³-hybridized carbons (Fsp3) is 0.588. The van der Waals surface area contributed by atoms with Gasteiger partial charge in [0, 0.05) is 50.7 Å². The Morgan fingerprint density at radius 2 is 1.86 bits per heavy atom. The molecule has 0 bridgehead atoms. The second-order valence-electron chi connectivity index (χ2n) is 6.04. The molecule has 0 aromatic heterocycles. The van der Waals surface area contributed by atoms with Crippen molar-refractivity contribution in [3.8, 4) is 5.75 Å². The molecule has 0 radical (unpaired) electrons. The molecule has 1 saturated heterocycles. The van der Waals surface area contributed by atoms with Crippen LogP contribution in [0, 0.1) is 5.92 Å². The van der Waals surface area contributed by atoms with Gasteiger partial charge in [-0.15, -0.1) is 0 Å². The number of methoxy groups -OCH3 is 1. The third kappa shape index (κ3) is 3.38. The average Bonchev–Trinajstić information content (AvgIpc) is 2.93. The van der Waals surface area contributed by atoms with Gasteiger partial charge >= 0.3 is 0 Å². The highest BCUT2D eigenvalue weighted by atomic mass is 16.5. The van der Waals surface area contributed by atoms with Gasteiger partial charge in [-0.1, -0.05) is 0 Å². The van der Waals surface area contributed by atoms with Crippen LogP contribution in [0.4, 0.5) is 5.69 Å². The summed E-state index contributed by atoms with van der Waals surface area (Å²) in [4.78, 5) is 16.6. The molecule has 0 spiro atoms. The number of ether oxygens (including phenoxy) is 1. The minimum absolute atomic E-state index is 0.303. The number of hydrogen-bond acceptors (Lipinski definition) is 4. The van der Waals surface area contributed by atoms with Gasteiger partial charge in [0.15, 0.2) is 0 Å². The monoisotopic (exact) mass is 288 g/mol. The van der Waals surface area contributed by atoms with Crippen LogP contribution in [0.25, 0.3) is 0 Å². The summed E-state index contributed by atoms with van der Waals surface area (Å²) in [5, 5.41) is 0. The molecule has 1 atom stereocenters. The van der Waals surface area contributed by atoms with Crippen molar-refractivity contribution in [3.05, 3.63) is 24.3 Å². The molecule has 0 N–H and O–H groups in total. The summed E-state index contributed by atoms with van der Waals surface area (Å²) in [5.41, 5.74) is 1.26. The summed E-state index contributed by atoms with van der Waals surface area (Å²) in [6.45, 7) is 5.14. The van der Waals surface area contributed by atoms with Gasteiger partial charge in [-0.2, -0.15) is 0 Å². The highest BCUT2D eigenvalue weighted by Gasteiger charge is 2.27. The Morgan fingerprint density at radius 1 is 1.14 bits per heavy atom. The third-order valence-electron chi connectivity index (χ3n) is 4.72. The van der Waals surface area contributed by atoms with Crippen molar-refractivity contribution in [1.82, 2.24) is 4.90 Å². The Bertz CT molecular complexity index is 478. The fourth-order valence-electron chi connectivity index (χ4n) is 3.37. The lowest BCUT2D eigenvalue weighted by Gasteiger charge is -2.37. The molecule has 1 aliphatic carbocycles. The number of ketones is 1. The minimum atomic E-state index is 0.303. The summed E-state index contributed by atoms with van der Waals surface area (Å²) < 4.78 is 5.20. The van der Waals surface area contributed by atoms with E-state index in [4.69, 9.17) is 4.74 Å². The maximum atomic E-state index is 11.7. The molecule has 114 valence electrons. The lowest BCUT2D eigenvalue weighted by Crippen LogP contribution is -2.48. The number of rotatable bonds is 4. The molecule has 1 saturated carbocycles. The van der Waals surface area contributed by atoms with Gasteiger partial charge in [0.2, 0.25) is 0 Å². The first-order chi connectivity index (χ1) is 10.3. The van der Waals surface area contributed by atoms with Crippen molar-refractivity contribution in [2.75, 3.05) is 44.7 Å². The summed E-state index contributed by atoms with van der Waals surface area (Å²) in [6, 6.07) is 8.27. The van der Waals surface area contributed by atoms with Crippen molar-refractivity contribution in [2.45, 2.75) is 19.3 Å². The number of anilines is 1. The SMILES string of the molecule is COc1ccc(N2CCN(CC3CCCC3=O)CC2)cc1. The van der Waals surface area contributed by atoms with E-state index >= 15 is 0 Å². The van der Waals surface area contributed by atoms with Crippen molar-refractivity contribution in [3.63, 3.8) is 0 Å². The fourth-order valence-corrected chi connectivity index (χ4v) is 3.37. The van der Waals surface area contributed by atoms with Crippen LogP contribution in [-0.2, 0) is 4.79 Å². The van der Waals surface area contributed by atoms with Gasteiger partial charge in [-0.05, 0) is 37.1 Å². The average molecular weight is 288 g/mol. The Hall–Kier alpha value is -1.55. The van der Waals surface area contributed by atoms with E-state index < -0.39 is 0 Å². The number of nitrogens with zero attached hydrogens (tertiary/aromatic N) is 2. The van der Waals surface area contributed by atoms with Crippen molar-refractivity contribution in [2.24, 2.45) is 5.92 Å². The number of hydrogen-bond donors (Lipinski definition) is 0. The van der Waals surface area contributed by atoms with Crippen molar-refractivity contribution >= 4 is 11.5 Å². The first-order valence-electron chi connectivity index (χ1n) is 7.90. The highest BCUT2D eigenvalue weighted by Crippen LogP contribution is 2.24. The molecule has 4 nitrogen and oxygen atoms in total. The van der Waals surface area contributed by atoms with Crippen LogP contribution < -0.4 is 9.64 Å². The smallest absolute Gasteiger partial charge is 0.137 e. The van der Waals surface area contributed by atoms with Crippen LogP contribution in [0.5, 0.6) is 5.75 Å². The van der Waals surface area contributed by atoms with E-state index in [-0.39, 0.29) is 0 Å². The molecule has 1 aromatic carbocycles. The first kappa shape index (κ1) is 14.4. The Balaban J connectivity index is 1.51. The molecular weight excluding hydrogens is 264 g/mol. The Kier molecular flexibility index (Phi) is 4.44. The molecule has 21 heavy (non-hydrogen) atoms. The standard InChI is InChI=1S/C17H24N2O2/c1-21-16-7-5-15(6-8-16)19-11-9-18(10-12-19)13-14-3-2-4-17(14)20/h5-8,14H,2-4,9-13H2,1H3. The summed E-state index contributed by atoms with van der Waals surface area (Å²) in [6.07, 6.45) is 2.99. The number of carbonyl (C=O) groups excluding carboxylic acids is 1. The zero-order chi connectivity index (χ0) is 14.7. The summed E-state index contributed by atoms with van der Waals surface area (Å²) >= 11 is 0.